The van der Waals surface area contributed by atoms with Crippen molar-refractivity contribution in [3.8, 4) is 0 Å². The van der Waals surface area contributed by atoms with Crippen molar-refractivity contribution in [3.05, 3.63) is 53.6 Å². The van der Waals surface area contributed by atoms with Crippen molar-refractivity contribution in [3.63, 3.8) is 0 Å². The second-order valence-corrected chi connectivity index (χ2v) is 8.25. The van der Waals surface area contributed by atoms with Gasteiger partial charge < -0.3 is 5.32 Å². The molecule has 1 N–H and O–H groups in total. The Bertz CT molecular complexity index is 908. The number of nitrogens with one attached hydrogen (secondary N) is 1. The molecule has 2 aromatic carbocycles. The van der Waals surface area contributed by atoms with Crippen molar-refractivity contribution in [2.75, 3.05) is 10.2 Å². The minimum atomic E-state index is -0.436. The number of hydrogen-bond donors (Lipinski definition) is 1. The van der Waals surface area contributed by atoms with Crippen LogP contribution in [0.3, 0.4) is 0 Å². The Balaban J connectivity index is 1.68. The maximum Gasteiger partial charge on any atom is 0.247 e. The molecule has 1 saturated heterocycles. The van der Waals surface area contributed by atoms with Crippen LogP contribution < -0.4 is 10.2 Å². The van der Waals surface area contributed by atoms with Crippen LogP contribution in [0.5, 0.6) is 0 Å². The van der Waals surface area contributed by atoms with Crippen LogP contribution in [0.15, 0.2) is 47.4 Å². The van der Waals surface area contributed by atoms with Gasteiger partial charge in [0.05, 0.1) is 10.9 Å². The summed E-state index contributed by atoms with van der Waals surface area (Å²) in [5.74, 6) is -0.365. The summed E-state index contributed by atoms with van der Waals surface area (Å²) in [7, 11) is 0. The van der Waals surface area contributed by atoms with Crippen molar-refractivity contribution in [2.45, 2.75) is 50.2 Å². The number of imide groups is 1. The molecule has 0 radical (unpaired) electrons. The Morgan fingerprint density at radius 3 is 2.46 bits per heavy atom. The van der Waals surface area contributed by atoms with Gasteiger partial charge in [-0.25, -0.2) is 4.90 Å². The van der Waals surface area contributed by atoms with Crippen molar-refractivity contribution < 1.29 is 14.4 Å². The zero-order valence-electron chi connectivity index (χ0n) is 16.3. The Hall–Kier alpha value is -2.60. The monoisotopic (exact) mass is 396 g/mol. The summed E-state index contributed by atoms with van der Waals surface area (Å²) in [4.78, 5) is 39.1. The molecule has 0 aromatic heterocycles. The standard InChI is InChI=1S/C22H24N2O3S/c1-4-5-20(25)23-16-7-10-18(11-8-16)28-19-13-21(26)24(22(19)27)17-9-6-14(2)15(3)12-17/h6-12,19H,4-5,13H2,1-3H3,(H,23,25)/t19-/m1/s1. The molecule has 0 bridgehead atoms. The second kappa shape index (κ2) is 8.61. The molecule has 1 heterocycles. The molecule has 5 nitrogen and oxygen atoms in total. The van der Waals surface area contributed by atoms with Gasteiger partial charge in [-0.1, -0.05) is 13.0 Å². The minimum absolute atomic E-state index is 0.0106. The van der Waals surface area contributed by atoms with E-state index >= 15 is 0 Å². The van der Waals surface area contributed by atoms with Crippen LogP contribution in [0, 0.1) is 13.8 Å². The molecule has 146 valence electrons. The molecule has 0 saturated carbocycles. The molecule has 3 rings (SSSR count). The van der Waals surface area contributed by atoms with Gasteiger partial charge in [0.15, 0.2) is 0 Å². The number of amides is 3. The number of anilines is 2. The van der Waals surface area contributed by atoms with Gasteiger partial charge in [-0.2, -0.15) is 0 Å². The topological polar surface area (TPSA) is 66.5 Å². The van der Waals surface area contributed by atoms with E-state index in [1.54, 1.807) is 0 Å². The average Bonchev–Trinajstić information content (AvgIpc) is 2.93. The summed E-state index contributed by atoms with van der Waals surface area (Å²) in [6.07, 6.45) is 1.48. The van der Waals surface area contributed by atoms with Gasteiger partial charge in [0.1, 0.15) is 0 Å². The zero-order chi connectivity index (χ0) is 20.3. The molecular weight excluding hydrogens is 372 g/mol. The fourth-order valence-corrected chi connectivity index (χ4v) is 4.12. The third kappa shape index (κ3) is 4.44. The zero-order valence-corrected chi connectivity index (χ0v) is 17.1. The maximum atomic E-state index is 12.8. The van der Waals surface area contributed by atoms with Gasteiger partial charge in [-0.3, -0.25) is 14.4 Å². The van der Waals surface area contributed by atoms with E-state index in [2.05, 4.69) is 5.32 Å². The van der Waals surface area contributed by atoms with E-state index in [1.807, 2.05) is 63.2 Å². The molecule has 28 heavy (non-hydrogen) atoms. The lowest BCUT2D eigenvalue weighted by molar-refractivity contribution is -0.121. The highest BCUT2D eigenvalue weighted by Gasteiger charge is 2.40. The molecule has 1 aliphatic heterocycles. The quantitative estimate of drug-likeness (QED) is 0.732. The van der Waals surface area contributed by atoms with Crippen LogP contribution in [-0.4, -0.2) is 23.0 Å². The van der Waals surface area contributed by atoms with Crippen LogP contribution in [0.2, 0.25) is 0 Å². The summed E-state index contributed by atoms with van der Waals surface area (Å²) in [5, 5.41) is 2.40. The lowest BCUT2D eigenvalue weighted by atomic mass is 10.1. The predicted molar refractivity (Wildman–Crippen MR) is 113 cm³/mol. The number of carbonyl (C=O) groups excluding carboxylic acids is 3. The highest BCUT2D eigenvalue weighted by atomic mass is 32.2. The van der Waals surface area contributed by atoms with E-state index in [1.165, 1.54) is 16.7 Å². The SMILES string of the molecule is CCCC(=O)Nc1ccc(S[C@@H]2CC(=O)N(c3ccc(C)c(C)c3)C2=O)cc1. The smallest absolute Gasteiger partial charge is 0.247 e. The number of hydrogen-bond acceptors (Lipinski definition) is 4. The molecular formula is C22H24N2O3S. The van der Waals surface area contributed by atoms with Crippen molar-refractivity contribution in [2.24, 2.45) is 0 Å². The molecule has 0 unspecified atom stereocenters. The Labute approximate surface area is 169 Å². The van der Waals surface area contributed by atoms with E-state index in [-0.39, 0.29) is 24.1 Å². The van der Waals surface area contributed by atoms with E-state index in [9.17, 15) is 14.4 Å². The molecule has 3 amide bonds. The summed E-state index contributed by atoms with van der Waals surface area (Å²) in [5.41, 5.74) is 3.54. The van der Waals surface area contributed by atoms with Crippen LogP contribution >= 0.6 is 11.8 Å². The van der Waals surface area contributed by atoms with Crippen LogP contribution in [0.1, 0.15) is 37.3 Å². The third-order valence-corrected chi connectivity index (χ3v) is 5.94. The number of rotatable bonds is 6. The van der Waals surface area contributed by atoms with Gasteiger partial charge in [0.25, 0.3) is 0 Å². The van der Waals surface area contributed by atoms with E-state index in [0.29, 0.717) is 12.1 Å². The summed E-state index contributed by atoms with van der Waals surface area (Å²) in [6.45, 7) is 5.93. The van der Waals surface area contributed by atoms with Crippen LogP contribution in [-0.2, 0) is 14.4 Å². The molecule has 2 aromatic rings. The second-order valence-electron chi connectivity index (χ2n) is 6.97. The number of carbonyl (C=O) groups is 3. The highest BCUT2D eigenvalue weighted by molar-refractivity contribution is 8.00. The highest BCUT2D eigenvalue weighted by Crippen LogP contribution is 2.34. The maximum absolute atomic E-state index is 12.8. The lowest BCUT2D eigenvalue weighted by Crippen LogP contribution is -2.31. The Kier molecular flexibility index (Phi) is 6.19. The number of nitrogens with zero attached hydrogens (tertiary/aromatic N) is 1. The minimum Gasteiger partial charge on any atom is -0.326 e. The molecule has 0 spiro atoms. The van der Waals surface area contributed by atoms with E-state index < -0.39 is 5.25 Å². The number of benzene rings is 2. The summed E-state index contributed by atoms with van der Waals surface area (Å²) < 4.78 is 0. The normalized spacial score (nSPS) is 16.5. The fourth-order valence-electron chi connectivity index (χ4n) is 3.06. The van der Waals surface area contributed by atoms with Gasteiger partial charge >= 0.3 is 0 Å². The first-order chi connectivity index (χ1) is 13.4. The largest absolute Gasteiger partial charge is 0.326 e. The van der Waals surface area contributed by atoms with E-state index in [4.69, 9.17) is 0 Å². The predicted octanol–water partition coefficient (Wildman–Crippen LogP) is 4.47. The summed E-state index contributed by atoms with van der Waals surface area (Å²) >= 11 is 1.38. The van der Waals surface area contributed by atoms with Crippen molar-refractivity contribution in [1.82, 2.24) is 0 Å². The number of aryl methyl sites for hydroxylation is 2. The average molecular weight is 397 g/mol. The Morgan fingerprint density at radius 1 is 1.11 bits per heavy atom. The van der Waals surface area contributed by atoms with Gasteiger partial charge in [-0.05, 0) is 67.8 Å². The molecule has 1 atom stereocenters. The fraction of sp³-hybridized carbons (Fsp3) is 0.318. The first-order valence-corrected chi connectivity index (χ1v) is 10.3. The molecule has 1 fully saturated rings. The number of thioether (sulfide) groups is 1. The Morgan fingerprint density at radius 2 is 1.82 bits per heavy atom. The van der Waals surface area contributed by atoms with Gasteiger partial charge in [-0.15, -0.1) is 11.8 Å². The van der Waals surface area contributed by atoms with Gasteiger partial charge in [0.2, 0.25) is 17.7 Å². The van der Waals surface area contributed by atoms with E-state index in [0.717, 1.165) is 28.1 Å². The van der Waals surface area contributed by atoms with Crippen molar-refractivity contribution >= 4 is 40.9 Å². The van der Waals surface area contributed by atoms with Gasteiger partial charge in [0, 0.05) is 23.4 Å². The molecule has 6 heteroatoms. The van der Waals surface area contributed by atoms with Crippen LogP contribution in [0.4, 0.5) is 11.4 Å². The first kappa shape index (κ1) is 20.1. The summed E-state index contributed by atoms with van der Waals surface area (Å²) in [6, 6.07) is 13.0. The van der Waals surface area contributed by atoms with Crippen LogP contribution in [0.25, 0.3) is 0 Å². The molecule has 0 aliphatic carbocycles. The lowest BCUT2D eigenvalue weighted by Gasteiger charge is -2.16. The molecule has 1 aliphatic rings. The third-order valence-electron chi connectivity index (χ3n) is 4.75. The van der Waals surface area contributed by atoms with Crippen molar-refractivity contribution in [1.29, 1.82) is 0 Å². The first-order valence-electron chi connectivity index (χ1n) is 9.39.